The molecule has 2 N–H and O–H groups in total. The highest BCUT2D eigenvalue weighted by atomic mass is 15.3. The van der Waals surface area contributed by atoms with Gasteiger partial charge in [-0.15, -0.1) is 0 Å². The van der Waals surface area contributed by atoms with E-state index in [2.05, 4.69) is 57.9 Å². The molecule has 0 spiro atoms. The summed E-state index contributed by atoms with van der Waals surface area (Å²) in [7, 11) is 4.15. The molecule has 0 aliphatic rings. The fourth-order valence-corrected chi connectivity index (χ4v) is 2.36. The van der Waals surface area contributed by atoms with Gasteiger partial charge in [0.25, 0.3) is 0 Å². The van der Waals surface area contributed by atoms with Gasteiger partial charge in [-0.3, -0.25) is 4.68 Å². The maximum atomic E-state index is 6.12. The van der Waals surface area contributed by atoms with Crippen LogP contribution >= 0.6 is 0 Å². The standard InChI is InChI=1S/C16H32N4/c1-12(2)14(17)8-9-19(6)10-13-11-20(7)18-15(13)16(3,4)5/h11-12,14H,8-10,17H2,1-7H3. The van der Waals surface area contributed by atoms with Gasteiger partial charge in [-0.05, 0) is 25.9 Å². The van der Waals surface area contributed by atoms with Gasteiger partial charge in [0.15, 0.2) is 0 Å². The maximum absolute atomic E-state index is 6.12. The van der Waals surface area contributed by atoms with Crippen LogP contribution < -0.4 is 5.73 Å². The van der Waals surface area contributed by atoms with Crippen LogP contribution in [-0.4, -0.2) is 34.3 Å². The smallest absolute Gasteiger partial charge is 0.0722 e. The van der Waals surface area contributed by atoms with Crippen molar-refractivity contribution in [1.82, 2.24) is 14.7 Å². The molecule has 1 aromatic heterocycles. The van der Waals surface area contributed by atoms with Crippen LogP contribution in [0.25, 0.3) is 0 Å². The number of aromatic nitrogens is 2. The molecule has 4 nitrogen and oxygen atoms in total. The Morgan fingerprint density at radius 3 is 2.45 bits per heavy atom. The number of aryl methyl sites for hydroxylation is 1. The molecule has 1 heterocycles. The van der Waals surface area contributed by atoms with Crippen molar-refractivity contribution in [2.24, 2.45) is 18.7 Å². The molecule has 0 radical (unpaired) electrons. The van der Waals surface area contributed by atoms with Crippen molar-refractivity contribution in [2.45, 2.75) is 59.0 Å². The number of nitrogens with zero attached hydrogens (tertiary/aromatic N) is 3. The molecule has 0 aromatic carbocycles. The highest BCUT2D eigenvalue weighted by Gasteiger charge is 2.22. The van der Waals surface area contributed by atoms with E-state index in [0.717, 1.165) is 19.5 Å². The molecular formula is C16H32N4. The normalized spacial score (nSPS) is 14.3. The van der Waals surface area contributed by atoms with Crippen LogP contribution in [0.2, 0.25) is 0 Å². The summed E-state index contributed by atoms with van der Waals surface area (Å²) in [6.07, 6.45) is 3.18. The van der Waals surface area contributed by atoms with Crippen molar-refractivity contribution in [3.8, 4) is 0 Å². The van der Waals surface area contributed by atoms with Gasteiger partial charge in [0.2, 0.25) is 0 Å². The molecule has 1 unspecified atom stereocenters. The molecule has 0 aliphatic carbocycles. The van der Waals surface area contributed by atoms with Crippen LogP contribution in [0, 0.1) is 5.92 Å². The lowest BCUT2D eigenvalue weighted by molar-refractivity contribution is 0.294. The zero-order valence-electron chi connectivity index (χ0n) is 14.3. The maximum Gasteiger partial charge on any atom is 0.0722 e. The highest BCUT2D eigenvalue weighted by molar-refractivity contribution is 5.23. The van der Waals surface area contributed by atoms with E-state index in [0.29, 0.717) is 5.92 Å². The monoisotopic (exact) mass is 280 g/mol. The molecule has 0 amide bonds. The first-order valence-electron chi connectivity index (χ1n) is 7.58. The van der Waals surface area contributed by atoms with Gasteiger partial charge in [0, 0.05) is 36.8 Å². The van der Waals surface area contributed by atoms with E-state index in [1.807, 2.05) is 11.7 Å². The third-order valence-electron chi connectivity index (χ3n) is 3.76. The third-order valence-corrected chi connectivity index (χ3v) is 3.76. The average molecular weight is 280 g/mol. The minimum atomic E-state index is 0.0891. The number of hydrogen-bond donors (Lipinski definition) is 1. The summed E-state index contributed by atoms with van der Waals surface area (Å²) in [4.78, 5) is 2.34. The van der Waals surface area contributed by atoms with E-state index < -0.39 is 0 Å². The Labute approximate surface area is 124 Å². The lowest BCUT2D eigenvalue weighted by Gasteiger charge is -2.23. The fourth-order valence-electron chi connectivity index (χ4n) is 2.36. The molecular weight excluding hydrogens is 248 g/mol. The quantitative estimate of drug-likeness (QED) is 0.871. The molecule has 4 heteroatoms. The van der Waals surface area contributed by atoms with Crippen LogP contribution in [0.15, 0.2) is 6.20 Å². The van der Waals surface area contributed by atoms with Gasteiger partial charge in [-0.1, -0.05) is 34.6 Å². The van der Waals surface area contributed by atoms with Gasteiger partial charge >= 0.3 is 0 Å². The second-order valence-electron chi connectivity index (χ2n) is 7.36. The Hall–Kier alpha value is -0.870. The summed E-state index contributed by atoms with van der Waals surface area (Å²) in [5.41, 5.74) is 8.72. The van der Waals surface area contributed by atoms with Crippen molar-refractivity contribution in [3.63, 3.8) is 0 Å². The number of nitrogens with two attached hydrogens (primary N) is 1. The van der Waals surface area contributed by atoms with Gasteiger partial charge in [-0.25, -0.2) is 0 Å². The van der Waals surface area contributed by atoms with E-state index in [4.69, 9.17) is 5.73 Å². The van der Waals surface area contributed by atoms with Gasteiger partial charge in [-0.2, -0.15) is 5.10 Å². The van der Waals surface area contributed by atoms with Gasteiger partial charge < -0.3 is 10.6 Å². The average Bonchev–Trinajstić information content (AvgIpc) is 2.66. The van der Waals surface area contributed by atoms with Crippen LogP contribution in [-0.2, 0) is 19.0 Å². The van der Waals surface area contributed by atoms with Crippen molar-refractivity contribution in [3.05, 3.63) is 17.5 Å². The van der Waals surface area contributed by atoms with Crippen LogP contribution in [0.1, 0.15) is 52.3 Å². The Morgan fingerprint density at radius 1 is 1.35 bits per heavy atom. The molecule has 0 bridgehead atoms. The molecule has 0 saturated carbocycles. The zero-order valence-corrected chi connectivity index (χ0v) is 14.3. The molecule has 0 aliphatic heterocycles. The second-order valence-corrected chi connectivity index (χ2v) is 7.36. The molecule has 0 fully saturated rings. The first-order valence-corrected chi connectivity index (χ1v) is 7.58. The summed E-state index contributed by atoms with van der Waals surface area (Å²) in [5.74, 6) is 0.548. The highest BCUT2D eigenvalue weighted by Crippen LogP contribution is 2.24. The van der Waals surface area contributed by atoms with E-state index in [9.17, 15) is 0 Å². The lowest BCUT2D eigenvalue weighted by Crippen LogP contribution is -2.32. The third kappa shape index (κ3) is 4.91. The van der Waals surface area contributed by atoms with Crippen LogP contribution in [0.4, 0.5) is 0 Å². The Kier molecular flexibility index (Phi) is 5.78. The van der Waals surface area contributed by atoms with E-state index in [1.54, 1.807) is 0 Å². The Balaban J connectivity index is 2.64. The first kappa shape index (κ1) is 17.2. The van der Waals surface area contributed by atoms with Crippen molar-refractivity contribution < 1.29 is 0 Å². The number of hydrogen-bond acceptors (Lipinski definition) is 3. The Bertz CT molecular complexity index is 415. The SMILES string of the molecule is CC(C)C(N)CCN(C)Cc1cn(C)nc1C(C)(C)C. The predicted octanol–water partition coefficient (Wildman–Crippen LogP) is 2.52. The second kappa shape index (κ2) is 6.72. The zero-order chi connectivity index (χ0) is 15.5. The Morgan fingerprint density at radius 2 is 1.95 bits per heavy atom. The van der Waals surface area contributed by atoms with Crippen molar-refractivity contribution in [1.29, 1.82) is 0 Å². The summed E-state index contributed by atoms with van der Waals surface area (Å²) in [6, 6.07) is 0.286. The summed E-state index contributed by atoms with van der Waals surface area (Å²) >= 11 is 0. The lowest BCUT2D eigenvalue weighted by atomic mass is 9.89. The molecule has 1 aromatic rings. The van der Waals surface area contributed by atoms with E-state index in [-0.39, 0.29) is 11.5 Å². The van der Waals surface area contributed by atoms with Crippen LogP contribution in [0.5, 0.6) is 0 Å². The molecule has 1 atom stereocenters. The molecule has 1 rings (SSSR count). The summed E-state index contributed by atoms with van der Waals surface area (Å²) in [5, 5.41) is 4.62. The topological polar surface area (TPSA) is 47.1 Å². The van der Waals surface area contributed by atoms with Crippen molar-refractivity contribution in [2.75, 3.05) is 13.6 Å². The molecule has 116 valence electrons. The minimum Gasteiger partial charge on any atom is -0.327 e. The predicted molar refractivity (Wildman–Crippen MR) is 85.7 cm³/mol. The number of rotatable bonds is 6. The summed E-state index contributed by atoms with van der Waals surface area (Å²) in [6.45, 7) is 13.0. The fraction of sp³-hybridized carbons (Fsp3) is 0.812. The first-order chi connectivity index (χ1) is 9.11. The van der Waals surface area contributed by atoms with Crippen LogP contribution in [0.3, 0.4) is 0 Å². The van der Waals surface area contributed by atoms with Crippen molar-refractivity contribution >= 4 is 0 Å². The molecule has 20 heavy (non-hydrogen) atoms. The van der Waals surface area contributed by atoms with E-state index >= 15 is 0 Å². The summed E-state index contributed by atoms with van der Waals surface area (Å²) < 4.78 is 1.92. The largest absolute Gasteiger partial charge is 0.327 e. The van der Waals surface area contributed by atoms with E-state index in [1.165, 1.54) is 11.3 Å². The van der Waals surface area contributed by atoms with Gasteiger partial charge in [0.05, 0.1) is 5.69 Å². The minimum absolute atomic E-state index is 0.0891. The molecule has 0 saturated heterocycles. The van der Waals surface area contributed by atoms with Gasteiger partial charge in [0.1, 0.15) is 0 Å².